The van der Waals surface area contributed by atoms with Gasteiger partial charge in [0.15, 0.2) is 18.2 Å². The van der Waals surface area contributed by atoms with Crippen molar-refractivity contribution in [3.63, 3.8) is 0 Å². The van der Waals surface area contributed by atoms with E-state index in [1.165, 1.54) is 29.5 Å². The molecule has 0 bridgehead atoms. The second-order valence-corrected chi connectivity index (χ2v) is 8.76. The number of fused-ring (bicyclic) bond motifs is 3. The number of nitrogens with one attached hydrogen (secondary N) is 1. The number of anilines is 1. The van der Waals surface area contributed by atoms with E-state index in [0.29, 0.717) is 21.8 Å². The van der Waals surface area contributed by atoms with E-state index >= 15 is 0 Å². The monoisotopic (exact) mass is 475 g/mol. The number of ether oxygens (including phenoxy) is 1. The van der Waals surface area contributed by atoms with Crippen LogP contribution in [0.1, 0.15) is 41.5 Å². The summed E-state index contributed by atoms with van der Waals surface area (Å²) in [6.45, 7) is -0.532. The molecule has 1 aliphatic rings. The lowest BCUT2D eigenvalue weighted by molar-refractivity contribution is -0.119. The summed E-state index contributed by atoms with van der Waals surface area (Å²) in [5, 5.41) is 3.63. The Labute approximate surface area is 196 Å². The van der Waals surface area contributed by atoms with Crippen LogP contribution in [0.25, 0.3) is 10.1 Å². The molecule has 0 fully saturated rings. The van der Waals surface area contributed by atoms with Gasteiger partial charge in [-0.15, -0.1) is 11.3 Å². The van der Waals surface area contributed by atoms with Gasteiger partial charge in [0.1, 0.15) is 4.88 Å². The van der Waals surface area contributed by atoms with Crippen LogP contribution in [0.15, 0.2) is 66.7 Å². The zero-order valence-electron chi connectivity index (χ0n) is 16.9. The molecule has 4 aromatic rings. The van der Waals surface area contributed by atoms with Gasteiger partial charge >= 0.3 is 5.97 Å². The van der Waals surface area contributed by atoms with E-state index < -0.39 is 18.5 Å². The second kappa shape index (κ2) is 8.27. The molecule has 1 N–H and O–H groups in total. The first-order valence-electron chi connectivity index (χ1n) is 9.90. The summed E-state index contributed by atoms with van der Waals surface area (Å²) >= 11 is 7.47. The minimum atomic E-state index is -0.695. The topological polar surface area (TPSA) is 89.5 Å². The van der Waals surface area contributed by atoms with Crippen molar-refractivity contribution in [2.75, 3.05) is 11.9 Å². The van der Waals surface area contributed by atoms with Crippen LogP contribution in [-0.4, -0.2) is 30.0 Å². The second-order valence-electron chi connectivity index (χ2n) is 7.33. The molecule has 0 unspecified atom stereocenters. The molecule has 0 saturated heterocycles. The zero-order chi connectivity index (χ0) is 23.1. The van der Waals surface area contributed by atoms with E-state index in [1.54, 1.807) is 30.3 Å². The molecule has 1 aromatic heterocycles. The van der Waals surface area contributed by atoms with Crippen LogP contribution in [-0.2, 0) is 9.53 Å². The Balaban J connectivity index is 1.29. The first kappa shape index (κ1) is 21.1. The van der Waals surface area contributed by atoms with Crippen LogP contribution in [0.3, 0.4) is 0 Å². The van der Waals surface area contributed by atoms with Crippen molar-refractivity contribution in [1.82, 2.24) is 0 Å². The Morgan fingerprint density at radius 1 is 0.848 bits per heavy atom. The number of carbonyl (C=O) groups is 4. The molecule has 0 spiro atoms. The maximum atomic E-state index is 12.8. The highest BCUT2D eigenvalue weighted by atomic mass is 35.5. The molecule has 8 heteroatoms. The number of halogens is 1. The van der Waals surface area contributed by atoms with E-state index in [-0.39, 0.29) is 27.6 Å². The van der Waals surface area contributed by atoms with Gasteiger partial charge in [0, 0.05) is 38.0 Å². The minimum absolute atomic E-state index is 0.213. The fourth-order valence-corrected chi connectivity index (χ4v) is 5.12. The molecule has 33 heavy (non-hydrogen) atoms. The van der Waals surface area contributed by atoms with Crippen LogP contribution >= 0.6 is 22.9 Å². The predicted molar refractivity (Wildman–Crippen MR) is 125 cm³/mol. The van der Waals surface area contributed by atoms with Gasteiger partial charge in [-0.25, -0.2) is 4.79 Å². The fraction of sp³-hybridized carbons (Fsp3) is 0.0400. The van der Waals surface area contributed by atoms with Crippen LogP contribution < -0.4 is 5.32 Å². The van der Waals surface area contributed by atoms with E-state index in [9.17, 15) is 19.2 Å². The number of carbonyl (C=O) groups excluding carboxylic acids is 4. The molecule has 0 aliphatic heterocycles. The molecule has 1 heterocycles. The average Bonchev–Trinajstić information content (AvgIpc) is 3.17. The number of benzene rings is 3. The SMILES string of the molecule is O=C(COC(=O)c1sc2ccccc2c1Cl)Nc1ccc2c(c1)C(=O)c1ccccc1C2=O. The molecular formula is C25H14ClNO5S. The summed E-state index contributed by atoms with van der Waals surface area (Å²) in [7, 11) is 0. The Morgan fingerprint density at radius 3 is 2.21 bits per heavy atom. The highest BCUT2D eigenvalue weighted by Gasteiger charge is 2.29. The van der Waals surface area contributed by atoms with Crippen molar-refractivity contribution in [3.8, 4) is 0 Å². The van der Waals surface area contributed by atoms with E-state index in [2.05, 4.69) is 5.32 Å². The summed E-state index contributed by atoms with van der Waals surface area (Å²) in [5.74, 6) is -1.82. The lowest BCUT2D eigenvalue weighted by Gasteiger charge is -2.18. The van der Waals surface area contributed by atoms with E-state index in [1.807, 2.05) is 18.2 Å². The zero-order valence-corrected chi connectivity index (χ0v) is 18.5. The molecule has 0 radical (unpaired) electrons. The van der Waals surface area contributed by atoms with Crippen molar-refractivity contribution >= 4 is 62.2 Å². The van der Waals surface area contributed by atoms with Crippen molar-refractivity contribution in [3.05, 3.63) is 98.9 Å². The highest BCUT2D eigenvalue weighted by Crippen LogP contribution is 2.35. The van der Waals surface area contributed by atoms with Crippen LogP contribution in [0.5, 0.6) is 0 Å². The largest absolute Gasteiger partial charge is 0.451 e. The molecule has 6 nitrogen and oxygen atoms in total. The van der Waals surface area contributed by atoms with Gasteiger partial charge < -0.3 is 10.1 Å². The molecule has 162 valence electrons. The van der Waals surface area contributed by atoms with Gasteiger partial charge in [-0.3, -0.25) is 14.4 Å². The number of amides is 1. The first-order chi connectivity index (χ1) is 15.9. The number of rotatable bonds is 4. The number of hydrogen-bond acceptors (Lipinski definition) is 6. The number of esters is 1. The number of thiophene rings is 1. The Hall–Kier alpha value is -3.81. The summed E-state index contributed by atoms with van der Waals surface area (Å²) in [4.78, 5) is 50.5. The first-order valence-corrected chi connectivity index (χ1v) is 11.1. The van der Waals surface area contributed by atoms with Gasteiger partial charge in [0.25, 0.3) is 5.91 Å². The van der Waals surface area contributed by atoms with Gasteiger partial charge in [0.05, 0.1) is 5.02 Å². The molecule has 0 saturated carbocycles. The molecule has 0 atom stereocenters. The van der Waals surface area contributed by atoms with Crippen molar-refractivity contribution in [1.29, 1.82) is 0 Å². The predicted octanol–water partition coefficient (Wildman–Crippen LogP) is 5.13. The van der Waals surface area contributed by atoms with E-state index in [0.717, 1.165) is 10.1 Å². The maximum absolute atomic E-state index is 12.8. The smallest absolute Gasteiger partial charge is 0.350 e. The third-order valence-electron chi connectivity index (χ3n) is 5.26. The van der Waals surface area contributed by atoms with Crippen LogP contribution in [0.4, 0.5) is 5.69 Å². The van der Waals surface area contributed by atoms with Crippen molar-refractivity contribution in [2.24, 2.45) is 0 Å². The summed E-state index contributed by atoms with van der Waals surface area (Å²) in [6, 6.07) is 18.4. The Morgan fingerprint density at radius 2 is 1.48 bits per heavy atom. The van der Waals surface area contributed by atoms with Gasteiger partial charge in [-0.1, -0.05) is 54.1 Å². The lowest BCUT2D eigenvalue weighted by atomic mass is 9.84. The van der Waals surface area contributed by atoms with Crippen LogP contribution in [0, 0.1) is 0 Å². The van der Waals surface area contributed by atoms with Gasteiger partial charge in [-0.2, -0.15) is 0 Å². The van der Waals surface area contributed by atoms with E-state index in [4.69, 9.17) is 16.3 Å². The maximum Gasteiger partial charge on any atom is 0.350 e. The Kier molecular flexibility index (Phi) is 5.28. The van der Waals surface area contributed by atoms with Crippen molar-refractivity contribution < 1.29 is 23.9 Å². The minimum Gasteiger partial charge on any atom is -0.451 e. The quantitative estimate of drug-likeness (QED) is 0.364. The Bertz CT molecular complexity index is 1490. The van der Waals surface area contributed by atoms with Gasteiger partial charge in [0.2, 0.25) is 0 Å². The molecule has 5 rings (SSSR count). The number of ketones is 2. The van der Waals surface area contributed by atoms with Crippen LogP contribution in [0.2, 0.25) is 5.02 Å². The number of hydrogen-bond donors (Lipinski definition) is 1. The summed E-state index contributed by atoms with van der Waals surface area (Å²) < 4.78 is 5.97. The molecular weight excluding hydrogens is 462 g/mol. The standard InChI is InChI=1S/C25H14ClNO5S/c26-21-17-7-3-4-8-19(17)33-24(21)25(31)32-12-20(28)27-13-9-10-16-18(11-13)23(30)15-6-2-1-5-14(15)22(16)29/h1-11H,12H2,(H,27,28). The fourth-order valence-electron chi connectivity index (χ4n) is 3.72. The third-order valence-corrected chi connectivity index (χ3v) is 6.92. The summed E-state index contributed by atoms with van der Waals surface area (Å²) in [5.41, 5.74) is 1.49. The lowest BCUT2D eigenvalue weighted by Crippen LogP contribution is -2.23. The van der Waals surface area contributed by atoms with Crippen molar-refractivity contribution in [2.45, 2.75) is 0 Å². The highest BCUT2D eigenvalue weighted by molar-refractivity contribution is 7.21. The van der Waals surface area contributed by atoms with Gasteiger partial charge in [-0.05, 0) is 24.3 Å². The molecule has 1 aliphatic carbocycles. The molecule has 3 aromatic carbocycles. The third kappa shape index (κ3) is 3.71. The summed E-state index contributed by atoms with van der Waals surface area (Å²) in [6.07, 6.45) is 0. The normalized spacial score (nSPS) is 12.3. The average molecular weight is 476 g/mol. The molecule has 1 amide bonds.